The molecule has 2 rings (SSSR count). The van der Waals surface area contributed by atoms with Crippen molar-refractivity contribution in [3.63, 3.8) is 0 Å². The molecular formula is C14H26N2O2. The molecule has 1 amide bonds. The van der Waals surface area contributed by atoms with E-state index >= 15 is 0 Å². The molecule has 2 fully saturated rings. The molecule has 2 heterocycles. The first-order valence-electron chi connectivity index (χ1n) is 7.46. The maximum Gasteiger partial charge on any atom is 0.236 e. The molecule has 2 saturated heterocycles. The molecule has 0 aliphatic carbocycles. The van der Waals surface area contributed by atoms with Gasteiger partial charge < -0.3 is 15.0 Å². The van der Waals surface area contributed by atoms with Gasteiger partial charge in [0.25, 0.3) is 0 Å². The third kappa shape index (κ3) is 4.58. The minimum atomic E-state index is 0.270. The summed E-state index contributed by atoms with van der Waals surface area (Å²) in [5.74, 6) is 0.270. The minimum Gasteiger partial charge on any atom is -0.378 e. The molecule has 1 unspecified atom stereocenters. The average molecular weight is 254 g/mol. The van der Waals surface area contributed by atoms with Crippen LogP contribution in [0.15, 0.2) is 0 Å². The van der Waals surface area contributed by atoms with Gasteiger partial charge in [-0.05, 0) is 51.5 Å². The van der Waals surface area contributed by atoms with Crippen LogP contribution in [0.3, 0.4) is 0 Å². The molecule has 1 N–H and O–H groups in total. The zero-order valence-corrected chi connectivity index (χ0v) is 11.3. The van der Waals surface area contributed by atoms with Crippen LogP contribution in [0.4, 0.5) is 0 Å². The van der Waals surface area contributed by atoms with Crippen molar-refractivity contribution in [2.75, 3.05) is 32.8 Å². The van der Waals surface area contributed by atoms with Crippen LogP contribution >= 0.6 is 0 Å². The lowest BCUT2D eigenvalue weighted by Crippen LogP contribution is -2.41. The lowest BCUT2D eigenvalue weighted by molar-refractivity contribution is -0.131. The smallest absolute Gasteiger partial charge is 0.236 e. The van der Waals surface area contributed by atoms with E-state index in [0.29, 0.717) is 12.6 Å². The van der Waals surface area contributed by atoms with Crippen molar-refractivity contribution < 1.29 is 9.53 Å². The number of nitrogens with one attached hydrogen (secondary N) is 1. The Morgan fingerprint density at radius 1 is 1.22 bits per heavy atom. The molecule has 4 heteroatoms. The molecule has 2 aliphatic rings. The SMILES string of the molecule is O=C(CNCCCC1CCCO1)N1CCCCC1. The maximum absolute atomic E-state index is 11.9. The van der Waals surface area contributed by atoms with Gasteiger partial charge >= 0.3 is 0 Å². The molecule has 0 aromatic heterocycles. The number of hydrogen-bond donors (Lipinski definition) is 1. The molecule has 4 nitrogen and oxygen atoms in total. The number of piperidine rings is 1. The summed E-state index contributed by atoms with van der Waals surface area (Å²) < 4.78 is 5.57. The summed E-state index contributed by atoms with van der Waals surface area (Å²) in [5.41, 5.74) is 0. The first kappa shape index (κ1) is 13.8. The van der Waals surface area contributed by atoms with Crippen LogP contribution in [0.2, 0.25) is 0 Å². The van der Waals surface area contributed by atoms with Gasteiger partial charge in [-0.25, -0.2) is 0 Å². The molecule has 2 aliphatic heterocycles. The van der Waals surface area contributed by atoms with E-state index in [2.05, 4.69) is 5.32 Å². The van der Waals surface area contributed by atoms with Gasteiger partial charge in [0.05, 0.1) is 12.6 Å². The number of nitrogens with zero attached hydrogens (tertiary/aromatic N) is 1. The Labute approximate surface area is 110 Å². The van der Waals surface area contributed by atoms with Crippen molar-refractivity contribution in [3.05, 3.63) is 0 Å². The highest BCUT2D eigenvalue weighted by atomic mass is 16.5. The second-order valence-corrected chi connectivity index (χ2v) is 5.40. The van der Waals surface area contributed by atoms with E-state index in [0.717, 1.165) is 39.1 Å². The van der Waals surface area contributed by atoms with E-state index in [1.54, 1.807) is 0 Å². The molecule has 18 heavy (non-hydrogen) atoms. The van der Waals surface area contributed by atoms with E-state index < -0.39 is 0 Å². The third-order valence-corrected chi connectivity index (χ3v) is 3.89. The Morgan fingerprint density at radius 2 is 2.06 bits per heavy atom. The van der Waals surface area contributed by atoms with Crippen molar-refractivity contribution in [1.29, 1.82) is 0 Å². The van der Waals surface area contributed by atoms with Crippen LogP contribution < -0.4 is 5.32 Å². The first-order valence-corrected chi connectivity index (χ1v) is 7.46. The quantitative estimate of drug-likeness (QED) is 0.731. The van der Waals surface area contributed by atoms with Crippen molar-refractivity contribution in [1.82, 2.24) is 10.2 Å². The Bertz CT molecular complexity index is 246. The molecule has 104 valence electrons. The Kier molecular flexibility index (Phi) is 5.94. The number of hydrogen-bond acceptors (Lipinski definition) is 3. The predicted octanol–water partition coefficient (Wildman–Crippen LogP) is 1.55. The predicted molar refractivity (Wildman–Crippen MR) is 71.5 cm³/mol. The van der Waals surface area contributed by atoms with E-state index in [4.69, 9.17) is 4.74 Å². The number of carbonyl (C=O) groups excluding carboxylic acids is 1. The zero-order valence-electron chi connectivity index (χ0n) is 11.3. The Balaban J connectivity index is 1.48. The van der Waals surface area contributed by atoms with Gasteiger partial charge in [0.2, 0.25) is 5.91 Å². The van der Waals surface area contributed by atoms with Crippen molar-refractivity contribution in [2.24, 2.45) is 0 Å². The molecule has 1 atom stereocenters. The molecule has 0 radical (unpaired) electrons. The molecule has 0 aromatic rings. The second kappa shape index (κ2) is 7.74. The van der Waals surface area contributed by atoms with Gasteiger partial charge in [0, 0.05) is 19.7 Å². The summed E-state index contributed by atoms with van der Waals surface area (Å²) in [6, 6.07) is 0. The van der Waals surface area contributed by atoms with Gasteiger partial charge in [-0.15, -0.1) is 0 Å². The summed E-state index contributed by atoms with van der Waals surface area (Å²) >= 11 is 0. The van der Waals surface area contributed by atoms with Crippen LogP contribution in [-0.2, 0) is 9.53 Å². The lowest BCUT2D eigenvalue weighted by Gasteiger charge is -2.26. The highest BCUT2D eigenvalue weighted by Crippen LogP contribution is 2.16. The fourth-order valence-corrected chi connectivity index (χ4v) is 2.78. The topological polar surface area (TPSA) is 41.6 Å². The number of carbonyl (C=O) groups is 1. The van der Waals surface area contributed by atoms with Crippen molar-refractivity contribution in [2.45, 2.75) is 51.0 Å². The van der Waals surface area contributed by atoms with Gasteiger partial charge in [-0.1, -0.05) is 0 Å². The molecule has 0 aromatic carbocycles. The number of ether oxygens (including phenoxy) is 1. The van der Waals surface area contributed by atoms with Crippen LogP contribution in [0.25, 0.3) is 0 Å². The Morgan fingerprint density at radius 3 is 2.78 bits per heavy atom. The van der Waals surface area contributed by atoms with Crippen molar-refractivity contribution in [3.8, 4) is 0 Å². The summed E-state index contributed by atoms with van der Waals surface area (Å²) in [6.07, 6.45) is 8.76. The Hall–Kier alpha value is -0.610. The average Bonchev–Trinajstić information content (AvgIpc) is 2.92. The molecular weight excluding hydrogens is 228 g/mol. The van der Waals surface area contributed by atoms with Crippen molar-refractivity contribution >= 4 is 5.91 Å². The maximum atomic E-state index is 11.9. The van der Waals surface area contributed by atoms with Gasteiger partial charge in [-0.3, -0.25) is 4.79 Å². The summed E-state index contributed by atoms with van der Waals surface area (Å²) in [5, 5.41) is 3.26. The van der Waals surface area contributed by atoms with E-state index in [1.807, 2.05) is 4.90 Å². The number of likely N-dealkylation sites (tertiary alicyclic amines) is 1. The standard InChI is InChI=1S/C14H26N2O2/c17-14(16-9-2-1-3-10-16)12-15-8-4-6-13-7-5-11-18-13/h13,15H,1-12H2. The van der Waals surface area contributed by atoms with Crippen LogP contribution in [-0.4, -0.2) is 49.7 Å². The fraction of sp³-hybridized carbons (Fsp3) is 0.929. The highest BCUT2D eigenvalue weighted by molar-refractivity contribution is 5.78. The van der Waals surface area contributed by atoms with Crippen LogP contribution in [0, 0.1) is 0 Å². The molecule has 0 spiro atoms. The first-order chi connectivity index (χ1) is 8.86. The molecule has 0 bridgehead atoms. The van der Waals surface area contributed by atoms with Gasteiger partial charge in [0.1, 0.15) is 0 Å². The zero-order chi connectivity index (χ0) is 12.6. The summed E-state index contributed by atoms with van der Waals surface area (Å²) in [6.45, 7) is 4.28. The lowest BCUT2D eigenvalue weighted by atomic mass is 10.1. The number of amides is 1. The van der Waals surface area contributed by atoms with Crippen LogP contribution in [0.1, 0.15) is 44.9 Å². The van der Waals surface area contributed by atoms with Gasteiger partial charge in [-0.2, -0.15) is 0 Å². The van der Waals surface area contributed by atoms with E-state index in [1.165, 1.54) is 32.1 Å². The minimum absolute atomic E-state index is 0.270. The second-order valence-electron chi connectivity index (χ2n) is 5.40. The monoisotopic (exact) mass is 254 g/mol. The molecule has 0 saturated carbocycles. The van der Waals surface area contributed by atoms with Crippen LogP contribution in [0.5, 0.6) is 0 Å². The fourth-order valence-electron chi connectivity index (χ4n) is 2.78. The number of rotatable bonds is 6. The summed E-state index contributed by atoms with van der Waals surface area (Å²) in [4.78, 5) is 13.9. The largest absolute Gasteiger partial charge is 0.378 e. The van der Waals surface area contributed by atoms with E-state index in [-0.39, 0.29) is 5.91 Å². The third-order valence-electron chi connectivity index (χ3n) is 3.89. The van der Waals surface area contributed by atoms with E-state index in [9.17, 15) is 4.79 Å². The van der Waals surface area contributed by atoms with Gasteiger partial charge in [0.15, 0.2) is 0 Å². The highest BCUT2D eigenvalue weighted by Gasteiger charge is 2.16. The normalized spacial score (nSPS) is 24.4. The summed E-state index contributed by atoms with van der Waals surface area (Å²) in [7, 11) is 0.